The van der Waals surface area contributed by atoms with Gasteiger partial charge in [-0.15, -0.1) is 6.58 Å². The van der Waals surface area contributed by atoms with Gasteiger partial charge < -0.3 is 26.2 Å². The fourth-order valence-electron chi connectivity index (χ4n) is 1.19. The molecule has 8 nitrogen and oxygen atoms in total. The minimum Gasteiger partial charge on any atom is -0.480 e. The molecular weight excluding hydrogens is 242 g/mol. The van der Waals surface area contributed by atoms with Gasteiger partial charge in [-0.05, 0) is 0 Å². The Bertz CT molecular complexity index is 331. The fraction of sp³-hybridized carbons (Fsp3) is 0.500. The van der Waals surface area contributed by atoms with E-state index in [9.17, 15) is 14.4 Å². The highest BCUT2D eigenvalue weighted by molar-refractivity contribution is 5.87. The third kappa shape index (κ3) is 5.85. The van der Waals surface area contributed by atoms with Gasteiger partial charge in [-0.1, -0.05) is 6.08 Å². The number of carbonyl (C=O) groups is 3. The molecule has 0 aromatic carbocycles. The standard InChI is InChI=1S/C10H17N3O5/c1-2-3-13(4-5-14)10(18)12-7(9(16)17)6-8(11)15/h2,7,14H,1,3-6H2,(H2,11,15)(H,12,18)(H,16,17)/t7-/m1/s1. The van der Waals surface area contributed by atoms with Crippen molar-refractivity contribution in [1.29, 1.82) is 0 Å². The molecule has 0 fully saturated rings. The molecular formula is C10H17N3O5. The summed E-state index contributed by atoms with van der Waals surface area (Å²) in [5.74, 6) is -2.19. The van der Waals surface area contributed by atoms with Gasteiger partial charge in [0.2, 0.25) is 5.91 Å². The molecule has 18 heavy (non-hydrogen) atoms. The zero-order valence-corrected chi connectivity index (χ0v) is 9.83. The van der Waals surface area contributed by atoms with E-state index in [1.807, 2.05) is 0 Å². The molecule has 1 atom stereocenters. The monoisotopic (exact) mass is 259 g/mol. The summed E-state index contributed by atoms with van der Waals surface area (Å²) in [4.78, 5) is 34.3. The average Bonchev–Trinajstić information content (AvgIpc) is 2.27. The van der Waals surface area contributed by atoms with Crippen LogP contribution in [0.5, 0.6) is 0 Å². The molecule has 0 aliphatic heterocycles. The first-order valence-corrected chi connectivity index (χ1v) is 5.20. The number of carboxylic acid groups (broad SMARTS) is 1. The Hall–Kier alpha value is -2.09. The molecule has 0 unspecified atom stereocenters. The van der Waals surface area contributed by atoms with Crippen molar-refractivity contribution in [1.82, 2.24) is 10.2 Å². The highest BCUT2D eigenvalue weighted by atomic mass is 16.4. The summed E-state index contributed by atoms with van der Waals surface area (Å²) < 4.78 is 0. The van der Waals surface area contributed by atoms with E-state index in [2.05, 4.69) is 11.9 Å². The van der Waals surface area contributed by atoms with E-state index in [0.717, 1.165) is 4.90 Å². The number of carboxylic acids is 1. The second kappa shape index (κ2) is 8.07. The topological polar surface area (TPSA) is 133 Å². The van der Waals surface area contributed by atoms with E-state index in [-0.39, 0.29) is 19.7 Å². The molecule has 0 rings (SSSR count). The maximum atomic E-state index is 11.7. The number of hydrogen-bond acceptors (Lipinski definition) is 4. The minimum atomic E-state index is -1.39. The Labute approximate surface area is 104 Å². The molecule has 102 valence electrons. The van der Waals surface area contributed by atoms with Crippen molar-refractivity contribution in [3.8, 4) is 0 Å². The minimum absolute atomic E-state index is 0.0285. The lowest BCUT2D eigenvalue weighted by atomic mass is 10.2. The maximum Gasteiger partial charge on any atom is 0.326 e. The van der Waals surface area contributed by atoms with Crippen LogP contribution < -0.4 is 11.1 Å². The number of hydrogen-bond donors (Lipinski definition) is 4. The number of nitrogens with two attached hydrogens (primary N) is 1. The molecule has 0 aromatic rings. The number of aliphatic carboxylic acids is 1. The van der Waals surface area contributed by atoms with Crippen LogP contribution in [0.3, 0.4) is 0 Å². The van der Waals surface area contributed by atoms with Crippen molar-refractivity contribution in [2.24, 2.45) is 5.73 Å². The summed E-state index contributed by atoms with van der Waals surface area (Å²) in [6.07, 6.45) is 0.932. The van der Waals surface area contributed by atoms with E-state index in [1.165, 1.54) is 6.08 Å². The summed E-state index contributed by atoms with van der Waals surface area (Å²) in [5.41, 5.74) is 4.88. The molecule has 0 heterocycles. The summed E-state index contributed by atoms with van der Waals surface area (Å²) in [6.45, 7) is 3.34. The van der Waals surface area contributed by atoms with E-state index >= 15 is 0 Å². The van der Waals surface area contributed by atoms with Gasteiger partial charge in [-0.25, -0.2) is 9.59 Å². The Morgan fingerprint density at radius 1 is 1.44 bits per heavy atom. The van der Waals surface area contributed by atoms with Crippen LogP contribution in [0.1, 0.15) is 6.42 Å². The highest BCUT2D eigenvalue weighted by Crippen LogP contribution is 1.96. The predicted molar refractivity (Wildman–Crippen MR) is 62.6 cm³/mol. The SMILES string of the molecule is C=CCN(CCO)C(=O)N[C@H](CC(N)=O)C(=O)O. The van der Waals surface area contributed by atoms with Gasteiger partial charge >= 0.3 is 12.0 Å². The van der Waals surface area contributed by atoms with Crippen molar-refractivity contribution >= 4 is 17.9 Å². The first-order valence-electron chi connectivity index (χ1n) is 5.20. The lowest BCUT2D eigenvalue weighted by molar-refractivity contribution is -0.140. The van der Waals surface area contributed by atoms with Gasteiger partial charge in [0.05, 0.1) is 13.0 Å². The normalized spacial score (nSPS) is 11.4. The molecule has 0 radical (unpaired) electrons. The number of aliphatic hydroxyl groups excluding tert-OH is 1. The van der Waals surface area contributed by atoms with Crippen LogP contribution in [0.2, 0.25) is 0 Å². The van der Waals surface area contributed by atoms with E-state index < -0.39 is 30.4 Å². The zero-order chi connectivity index (χ0) is 14.1. The van der Waals surface area contributed by atoms with Gasteiger partial charge in [-0.2, -0.15) is 0 Å². The van der Waals surface area contributed by atoms with E-state index in [4.69, 9.17) is 15.9 Å². The van der Waals surface area contributed by atoms with Crippen molar-refractivity contribution in [3.05, 3.63) is 12.7 Å². The van der Waals surface area contributed by atoms with Gasteiger partial charge in [0, 0.05) is 13.1 Å². The highest BCUT2D eigenvalue weighted by Gasteiger charge is 2.24. The lowest BCUT2D eigenvalue weighted by Gasteiger charge is -2.22. The molecule has 0 saturated carbocycles. The molecule has 0 aliphatic carbocycles. The molecule has 8 heteroatoms. The second-order valence-electron chi connectivity index (χ2n) is 3.47. The quantitative estimate of drug-likeness (QED) is 0.394. The van der Waals surface area contributed by atoms with Crippen molar-refractivity contribution < 1.29 is 24.6 Å². The molecule has 0 bridgehead atoms. The molecule has 5 N–H and O–H groups in total. The van der Waals surface area contributed by atoms with Gasteiger partial charge in [0.15, 0.2) is 0 Å². The van der Waals surface area contributed by atoms with Crippen LogP contribution in [0, 0.1) is 0 Å². The Kier molecular flexibility index (Phi) is 7.13. The number of nitrogens with zero attached hydrogens (tertiary/aromatic N) is 1. The van der Waals surface area contributed by atoms with Crippen LogP contribution in [0.15, 0.2) is 12.7 Å². The van der Waals surface area contributed by atoms with Gasteiger partial charge in [0.1, 0.15) is 6.04 Å². The molecule has 0 spiro atoms. The lowest BCUT2D eigenvalue weighted by Crippen LogP contribution is -2.50. The van der Waals surface area contributed by atoms with E-state index in [0.29, 0.717) is 0 Å². The molecule has 0 aromatic heterocycles. The Balaban J connectivity index is 4.58. The first-order chi connectivity index (χ1) is 8.42. The fourth-order valence-corrected chi connectivity index (χ4v) is 1.19. The van der Waals surface area contributed by atoms with Gasteiger partial charge in [-0.3, -0.25) is 4.79 Å². The van der Waals surface area contributed by atoms with Crippen LogP contribution in [-0.2, 0) is 9.59 Å². The van der Waals surface area contributed by atoms with Crippen molar-refractivity contribution in [3.63, 3.8) is 0 Å². The summed E-state index contributed by atoms with van der Waals surface area (Å²) in [5, 5.41) is 19.7. The van der Waals surface area contributed by atoms with Crippen molar-refractivity contribution in [2.75, 3.05) is 19.7 Å². The maximum absolute atomic E-state index is 11.7. The average molecular weight is 259 g/mol. The summed E-state index contributed by atoms with van der Waals surface area (Å²) in [6, 6.07) is -2.10. The van der Waals surface area contributed by atoms with Crippen LogP contribution in [0.25, 0.3) is 0 Å². The van der Waals surface area contributed by atoms with Crippen LogP contribution in [-0.4, -0.2) is 58.8 Å². The summed E-state index contributed by atoms with van der Waals surface area (Å²) in [7, 11) is 0. The third-order valence-electron chi connectivity index (χ3n) is 2.01. The Morgan fingerprint density at radius 3 is 2.44 bits per heavy atom. The largest absolute Gasteiger partial charge is 0.480 e. The van der Waals surface area contributed by atoms with E-state index in [1.54, 1.807) is 0 Å². The van der Waals surface area contributed by atoms with Crippen LogP contribution >= 0.6 is 0 Å². The molecule has 0 saturated heterocycles. The number of nitrogens with one attached hydrogen (secondary N) is 1. The second-order valence-corrected chi connectivity index (χ2v) is 3.47. The third-order valence-corrected chi connectivity index (χ3v) is 2.01. The predicted octanol–water partition coefficient (Wildman–Crippen LogP) is -1.50. The number of primary amides is 1. The van der Waals surface area contributed by atoms with Gasteiger partial charge in [0.25, 0.3) is 0 Å². The number of urea groups is 1. The molecule has 0 aliphatic rings. The van der Waals surface area contributed by atoms with Crippen LogP contribution in [0.4, 0.5) is 4.79 Å². The number of carbonyl (C=O) groups excluding carboxylic acids is 2. The molecule has 3 amide bonds. The van der Waals surface area contributed by atoms with Crippen molar-refractivity contribution in [2.45, 2.75) is 12.5 Å². The zero-order valence-electron chi connectivity index (χ0n) is 9.83. The Morgan fingerprint density at radius 2 is 2.06 bits per heavy atom. The number of amides is 3. The number of aliphatic hydroxyl groups is 1. The summed E-state index contributed by atoms with van der Waals surface area (Å²) >= 11 is 0. The smallest absolute Gasteiger partial charge is 0.326 e. The first kappa shape index (κ1) is 15.9. The number of rotatable bonds is 8.